The largest absolute Gasteiger partial charge is 0.341 e. The third-order valence-corrected chi connectivity index (χ3v) is 3.20. The zero-order valence-corrected chi connectivity index (χ0v) is 9.57. The Labute approximate surface area is 95.8 Å². The number of hydrogen-bond acceptors (Lipinski definition) is 3. The molecule has 1 N–H and O–H groups in total. The fourth-order valence-corrected chi connectivity index (χ4v) is 2.22. The van der Waals surface area contributed by atoms with E-state index in [4.69, 9.17) is 0 Å². The van der Waals surface area contributed by atoms with Gasteiger partial charge in [-0.1, -0.05) is 0 Å². The molecule has 5 heteroatoms. The lowest BCUT2D eigenvalue weighted by Crippen LogP contribution is -2.43. The zero-order valence-electron chi connectivity index (χ0n) is 9.57. The number of carbonyl (C=O) groups excluding carboxylic acids is 2. The van der Waals surface area contributed by atoms with Crippen molar-refractivity contribution in [3.8, 4) is 0 Å². The van der Waals surface area contributed by atoms with Gasteiger partial charge in [0.15, 0.2) is 0 Å². The Hall–Kier alpha value is -1.10. The van der Waals surface area contributed by atoms with Crippen LogP contribution in [0, 0.1) is 0 Å². The maximum atomic E-state index is 11.9. The van der Waals surface area contributed by atoms with Crippen molar-refractivity contribution in [3.63, 3.8) is 0 Å². The average Bonchev–Trinajstić information content (AvgIpc) is 2.73. The molecule has 0 bridgehead atoms. The molecule has 16 heavy (non-hydrogen) atoms. The van der Waals surface area contributed by atoms with Gasteiger partial charge in [-0.25, -0.2) is 0 Å². The summed E-state index contributed by atoms with van der Waals surface area (Å²) >= 11 is 0. The number of nitrogens with zero attached hydrogens (tertiary/aromatic N) is 2. The Morgan fingerprint density at radius 2 is 1.94 bits per heavy atom. The summed E-state index contributed by atoms with van der Waals surface area (Å²) in [7, 11) is 0. The number of amides is 2. The smallest absolute Gasteiger partial charge is 0.242 e. The van der Waals surface area contributed by atoms with Gasteiger partial charge in [0.05, 0.1) is 13.1 Å². The molecule has 2 rings (SSSR count). The summed E-state index contributed by atoms with van der Waals surface area (Å²) in [5.41, 5.74) is 0. The lowest BCUT2D eigenvalue weighted by molar-refractivity contribution is -0.139. The Kier molecular flexibility index (Phi) is 3.77. The molecule has 2 fully saturated rings. The number of nitrogens with one attached hydrogen (secondary N) is 1. The lowest BCUT2D eigenvalue weighted by Gasteiger charge is -2.23. The van der Waals surface area contributed by atoms with Gasteiger partial charge in [-0.3, -0.25) is 9.59 Å². The molecule has 0 aromatic heterocycles. The van der Waals surface area contributed by atoms with Crippen LogP contribution in [0.1, 0.15) is 19.3 Å². The van der Waals surface area contributed by atoms with E-state index in [0.717, 1.165) is 38.9 Å². The van der Waals surface area contributed by atoms with Crippen LogP contribution in [0.5, 0.6) is 0 Å². The molecule has 2 amide bonds. The molecule has 2 saturated heterocycles. The normalized spacial score (nSPS) is 22.4. The number of rotatable bonds is 2. The fraction of sp³-hybridized carbons (Fsp3) is 0.818. The SMILES string of the molecule is O=C(CN1CCCNCC1=O)N1CCCC1. The molecular weight excluding hydrogens is 206 g/mol. The summed E-state index contributed by atoms with van der Waals surface area (Å²) in [4.78, 5) is 27.1. The van der Waals surface area contributed by atoms with Gasteiger partial charge >= 0.3 is 0 Å². The highest BCUT2D eigenvalue weighted by atomic mass is 16.2. The summed E-state index contributed by atoms with van der Waals surface area (Å²) in [6.45, 7) is 3.91. The van der Waals surface area contributed by atoms with E-state index in [1.165, 1.54) is 0 Å². The second kappa shape index (κ2) is 5.30. The van der Waals surface area contributed by atoms with Crippen molar-refractivity contribution in [2.24, 2.45) is 0 Å². The molecule has 0 spiro atoms. The lowest BCUT2D eigenvalue weighted by atomic mass is 10.3. The van der Waals surface area contributed by atoms with Crippen LogP contribution < -0.4 is 5.32 Å². The minimum absolute atomic E-state index is 0.0463. The Morgan fingerprint density at radius 3 is 2.69 bits per heavy atom. The van der Waals surface area contributed by atoms with Crippen LogP contribution in [0.25, 0.3) is 0 Å². The monoisotopic (exact) mass is 225 g/mol. The highest BCUT2D eigenvalue weighted by Crippen LogP contribution is 2.08. The molecule has 2 heterocycles. The second-order valence-corrected chi connectivity index (χ2v) is 4.43. The van der Waals surface area contributed by atoms with E-state index in [-0.39, 0.29) is 18.4 Å². The first kappa shape index (κ1) is 11.4. The first-order chi connectivity index (χ1) is 7.77. The molecule has 0 aromatic rings. The van der Waals surface area contributed by atoms with E-state index >= 15 is 0 Å². The van der Waals surface area contributed by atoms with Gasteiger partial charge in [0.2, 0.25) is 11.8 Å². The predicted octanol–water partition coefficient (Wildman–Crippen LogP) is -0.569. The van der Waals surface area contributed by atoms with E-state index in [2.05, 4.69) is 5.32 Å². The van der Waals surface area contributed by atoms with Gasteiger partial charge in [0.25, 0.3) is 0 Å². The fourth-order valence-electron chi connectivity index (χ4n) is 2.22. The van der Waals surface area contributed by atoms with E-state index in [1.807, 2.05) is 4.90 Å². The predicted molar refractivity (Wildman–Crippen MR) is 59.9 cm³/mol. The highest BCUT2D eigenvalue weighted by molar-refractivity contribution is 5.86. The molecule has 0 saturated carbocycles. The second-order valence-electron chi connectivity index (χ2n) is 4.43. The average molecular weight is 225 g/mol. The van der Waals surface area contributed by atoms with E-state index in [0.29, 0.717) is 13.1 Å². The highest BCUT2D eigenvalue weighted by Gasteiger charge is 2.23. The van der Waals surface area contributed by atoms with E-state index in [1.54, 1.807) is 4.90 Å². The summed E-state index contributed by atoms with van der Waals surface area (Å²) < 4.78 is 0. The minimum Gasteiger partial charge on any atom is -0.341 e. The van der Waals surface area contributed by atoms with Crippen molar-refractivity contribution >= 4 is 11.8 Å². The first-order valence-corrected chi connectivity index (χ1v) is 6.03. The zero-order chi connectivity index (χ0) is 11.4. The van der Waals surface area contributed by atoms with Crippen LogP contribution in [0.4, 0.5) is 0 Å². The molecule has 2 aliphatic heterocycles. The molecule has 0 radical (unpaired) electrons. The van der Waals surface area contributed by atoms with Crippen LogP contribution in [0.15, 0.2) is 0 Å². The maximum Gasteiger partial charge on any atom is 0.242 e. The van der Waals surface area contributed by atoms with Gasteiger partial charge in [-0.15, -0.1) is 0 Å². The topological polar surface area (TPSA) is 52.7 Å². The molecule has 0 aliphatic carbocycles. The van der Waals surface area contributed by atoms with Crippen molar-refractivity contribution in [3.05, 3.63) is 0 Å². The Morgan fingerprint density at radius 1 is 1.19 bits per heavy atom. The van der Waals surface area contributed by atoms with Gasteiger partial charge in [-0.2, -0.15) is 0 Å². The summed E-state index contributed by atoms with van der Waals surface area (Å²) in [6.07, 6.45) is 3.13. The number of carbonyl (C=O) groups is 2. The van der Waals surface area contributed by atoms with Crippen molar-refractivity contribution in [2.75, 3.05) is 39.3 Å². The molecule has 0 atom stereocenters. The Balaban J connectivity index is 1.86. The van der Waals surface area contributed by atoms with E-state index in [9.17, 15) is 9.59 Å². The molecule has 2 aliphatic rings. The van der Waals surface area contributed by atoms with Crippen LogP contribution in [0.2, 0.25) is 0 Å². The van der Waals surface area contributed by atoms with Crippen molar-refractivity contribution in [1.82, 2.24) is 15.1 Å². The van der Waals surface area contributed by atoms with Crippen molar-refractivity contribution in [1.29, 1.82) is 0 Å². The van der Waals surface area contributed by atoms with Crippen LogP contribution in [-0.4, -0.2) is 60.9 Å². The summed E-state index contributed by atoms with van der Waals surface area (Å²) in [6, 6.07) is 0. The quantitative estimate of drug-likeness (QED) is 0.685. The van der Waals surface area contributed by atoms with Crippen LogP contribution in [0.3, 0.4) is 0 Å². The molecular formula is C11H19N3O2. The Bertz CT molecular complexity index is 274. The van der Waals surface area contributed by atoms with Crippen molar-refractivity contribution in [2.45, 2.75) is 19.3 Å². The maximum absolute atomic E-state index is 11.9. The molecule has 0 aromatic carbocycles. The number of likely N-dealkylation sites (tertiary alicyclic amines) is 1. The molecule has 90 valence electrons. The molecule has 0 unspecified atom stereocenters. The van der Waals surface area contributed by atoms with Gasteiger partial charge in [-0.05, 0) is 25.8 Å². The minimum atomic E-state index is 0.0463. The number of hydrogen-bond donors (Lipinski definition) is 1. The third kappa shape index (κ3) is 2.72. The molecule has 5 nitrogen and oxygen atoms in total. The van der Waals surface area contributed by atoms with Gasteiger partial charge < -0.3 is 15.1 Å². The van der Waals surface area contributed by atoms with Crippen LogP contribution in [-0.2, 0) is 9.59 Å². The van der Waals surface area contributed by atoms with Crippen LogP contribution >= 0.6 is 0 Å². The summed E-state index contributed by atoms with van der Waals surface area (Å²) in [5, 5.41) is 3.05. The van der Waals surface area contributed by atoms with Crippen molar-refractivity contribution < 1.29 is 9.59 Å². The first-order valence-electron chi connectivity index (χ1n) is 6.03. The van der Waals surface area contributed by atoms with Gasteiger partial charge in [0, 0.05) is 19.6 Å². The summed E-state index contributed by atoms with van der Waals surface area (Å²) in [5.74, 6) is 0.151. The standard InChI is InChI=1S/C11H19N3O2/c15-10-8-12-4-3-7-14(10)9-11(16)13-5-1-2-6-13/h12H,1-9H2. The third-order valence-electron chi connectivity index (χ3n) is 3.20. The van der Waals surface area contributed by atoms with E-state index < -0.39 is 0 Å². The van der Waals surface area contributed by atoms with Gasteiger partial charge in [0.1, 0.15) is 0 Å².